The minimum atomic E-state index is -4.74. The number of carbonyl (C=O) groups excluding carboxylic acids is 2. The quantitative estimate of drug-likeness (QED) is 0.348. The number of benzene rings is 1. The van der Waals surface area contributed by atoms with Gasteiger partial charge in [-0.3, -0.25) is 14.0 Å². The molecule has 0 spiro atoms. The van der Waals surface area contributed by atoms with E-state index in [0.717, 1.165) is 6.26 Å². The number of phenols is 1. The number of hydrogen-bond donors (Lipinski definition) is 2. The van der Waals surface area contributed by atoms with Gasteiger partial charge in [-0.15, -0.1) is 0 Å². The Labute approximate surface area is 241 Å². The molecule has 226 valence electrons. The molecule has 16 heteroatoms. The number of aromatic hydroxyl groups is 1. The predicted octanol–water partition coefficient (Wildman–Crippen LogP) is 2.58. The van der Waals surface area contributed by atoms with Gasteiger partial charge < -0.3 is 34.0 Å². The van der Waals surface area contributed by atoms with Crippen LogP contribution in [0, 0.1) is 5.92 Å². The lowest BCUT2D eigenvalue weighted by Crippen LogP contribution is -2.53. The van der Waals surface area contributed by atoms with Crippen molar-refractivity contribution in [2.45, 2.75) is 18.7 Å². The zero-order valence-electron chi connectivity index (χ0n) is 22.4. The van der Waals surface area contributed by atoms with E-state index in [1.807, 2.05) is 0 Å². The van der Waals surface area contributed by atoms with Crippen LogP contribution >= 0.6 is 0 Å². The second-order valence-corrected chi connectivity index (χ2v) is 10.2. The van der Waals surface area contributed by atoms with Crippen LogP contribution in [0.2, 0.25) is 0 Å². The van der Waals surface area contributed by atoms with Gasteiger partial charge in [-0.1, -0.05) is 5.16 Å². The smallest absolute Gasteiger partial charge is 0.437 e. The van der Waals surface area contributed by atoms with Crippen LogP contribution in [0.25, 0.3) is 16.9 Å². The molecule has 43 heavy (non-hydrogen) atoms. The van der Waals surface area contributed by atoms with Crippen molar-refractivity contribution in [3.05, 3.63) is 54.3 Å². The molecule has 13 nitrogen and oxygen atoms in total. The summed E-state index contributed by atoms with van der Waals surface area (Å²) in [7, 11) is 0. The zero-order valence-corrected chi connectivity index (χ0v) is 22.4. The number of carbonyl (C=O) groups is 2. The topological polar surface area (TPSA) is 156 Å². The number of aliphatic hydroxyl groups excluding tert-OH is 1. The Hall–Kier alpha value is -4.70. The summed E-state index contributed by atoms with van der Waals surface area (Å²) in [5.41, 5.74) is -1.35. The number of halogens is 3. The Kier molecular flexibility index (Phi) is 7.39. The van der Waals surface area contributed by atoms with E-state index < -0.39 is 29.8 Å². The first-order chi connectivity index (χ1) is 20.6. The van der Waals surface area contributed by atoms with Gasteiger partial charge >= 0.3 is 6.18 Å². The van der Waals surface area contributed by atoms with Crippen molar-refractivity contribution >= 4 is 17.5 Å². The lowest BCUT2D eigenvalue weighted by molar-refractivity contribution is -0.145. The van der Waals surface area contributed by atoms with E-state index in [1.54, 1.807) is 4.90 Å². The Morgan fingerprint density at radius 2 is 1.84 bits per heavy atom. The molecule has 5 heterocycles. The van der Waals surface area contributed by atoms with E-state index in [2.05, 4.69) is 19.6 Å². The van der Waals surface area contributed by atoms with Crippen LogP contribution in [0.4, 0.5) is 13.2 Å². The summed E-state index contributed by atoms with van der Waals surface area (Å²) in [5, 5.41) is 23.5. The van der Waals surface area contributed by atoms with Crippen molar-refractivity contribution in [1.82, 2.24) is 29.3 Å². The number of rotatable bonds is 5. The normalized spacial score (nSPS) is 19.5. The number of amides is 2. The van der Waals surface area contributed by atoms with Gasteiger partial charge in [0.1, 0.15) is 17.8 Å². The zero-order chi connectivity index (χ0) is 30.3. The molecule has 2 amide bonds. The van der Waals surface area contributed by atoms with Crippen LogP contribution in [0.15, 0.2) is 47.6 Å². The predicted molar refractivity (Wildman–Crippen MR) is 139 cm³/mol. The van der Waals surface area contributed by atoms with Crippen molar-refractivity contribution in [1.29, 1.82) is 0 Å². The molecule has 0 radical (unpaired) electrons. The fourth-order valence-electron chi connectivity index (χ4n) is 5.20. The number of nitrogens with zero attached hydrogens (tertiary/aromatic N) is 6. The van der Waals surface area contributed by atoms with Crippen LogP contribution in [0.5, 0.6) is 17.4 Å². The maximum absolute atomic E-state index is 13.4. The molecular formula is C27H25F3N6O7. The summed E-state index contributed by atoms with van der Waals surface area (Å²) in [6.45, 7) is 1.60. The maximum atomic E-state index is 13.4. The number of imidazole rings is 1. The van der Waals surface area contributed by atoms with Crippen molar-refractivity contribution in [2.24, 2.45) is 5.92 Å². The summed E-state index contributed by atoms with van der Waals surface area (Å²) >= 11 is 0. The van der Waals surface area contributed by atoms with Crippen LogP contribution in [-0.2, 0) is 15.7 Å². The summed E-state index contributed by atoms with van der Waals surface area (Å²) < 4.78 is 57.0. The van der Waals surface area contributed by atoms with Crippen LogP contribution < -0.4 is 4.74 Å². The highest BCUT2D eigenvalue weighted by Crippen LogP contribution is 2.37. The number of ether oxygens (including phenoxy) is 2. The van der Waals surface area contributed by atoms with Crippen molar-refractivity contribution in [3.63, 3.8) is 0 Å². The van der Waals surface area contributed by atoms with E-state index in [0.29, 0.717) is 19.5 Å². The first-order valence-corrected chi connectivity index (χ1v) is 13.3. The number of aliphatic hydroxyl groups is 1. The van der Waals surface area contributed by atoms with E-state index in [1.165, 1.54) is 46.1 Å². The minimum Gasteiger partial charge on any atom is -0.507 e. The van der Waals surface area contributed by atoms with Gasteiger partial charge in [0.15, 0.2) is 5.69 Å². The monoisotopic (exact) mass is 602 g/mol. The van der Waals surface area contributed by atoms with Crippen molar-refractivity contribution in [2.75, 3.05) is 39.4 Å². The molecule has 4 aromatic rings. The number of phenolic OH excluding ortho intramolecular Hbond substituents is 1. The second-order valence-electron chi connectivity index (χ2n) is 10.2. The standard InChI is InChI=1S/C27H25F3N6O7/c28-27(29,30)22-19(14-42-33-22)20-11-32-23-24(31-3-4-36(20)23)43-17-1-2-18(21(38)10-17)26(40)35-7-5-34(6-8-35)25(39)15-9-16(37)13-41-12-15/h1-4,10-11,14-16,37-38H,5-9,12-13H2/t15-,16-/m1/s1. The molecule has 2 fully saturated rings. The lowest BCUT2D eigenvalue weighted by atomic mass is 9.98. The van der Waals surface area contributed by atoms with Gasteiger partial charge in [-0.05, 0) is 18.6 Å². The Morgan fingerprint density at radius 3 is 2.56 bits per heavy atom. The van der Waals surface area contributed by atoms with Crippen molar-refractivity contribution < 1.29 is 47.0 Å². The van der Waals surface area contributed by atoms with Gasteiger partial charge in [0.05, 0.1) is 48.3 Å². The fourth-order valence-corrected chi connectivity index (χ4v) is 5.20. The molecule has 6 rings (SSSR count). The molecular weight excluding hydrogens is 577 g/mol. The van der Waals surface area contributed by atoms with Gasteiger partial charge in [-0.2, -0.15) is 13.2 Å². The van der Waals surface area contributed by atoms with Gasteiger partial charge in [-0.25, -0.2) is 9.97 Å². The first-order valence-electron chi connectivity index (χ1n) is 13.3. The molecule has 0 aliphatic carbocycles. The summed E-state index contributed by atoms with van der Waals surface area (Å²) in [6, 6.07) is 4.05. The van der Waals surface area contributed by atoms with Crippen LogP contribution in [-0.4, -0.2) is 96.8 Å². The third-order valence-corrected chi connectivity index (χ3v) is 7.34. The first kappa shape index (κ1) is 28.4. The van der Waals surface area contributed by atoms with Gasteiger partial charge in [0, 0.05) is 44.6 Å². The van der Waals surface area contributed by atoms with E-state index in [4.69, 9.17) is 9.47 Å². The molecule has 0 bridgehead atoms. The molecule has 3 aromatic heterocycles. The number of alkyl halides is 3. The SMILES string of the molecule is O=C(c1ccc(Oc2nccn3c(-c4conc4C(F)(F)F)cnc23)cc1O)N1CCN(C(=O)[C@H]2COC[C@H](O)C2)CC1. The maximum Gasteiger partial charge on any atom is 0.437 e. The van der Waals surface area contributed by atoms with E-state index in [-0.39, 0.29) is 72.1 Å². The van der Waals surface area contributed by atoms with E-state index in [9.17, 15) is 33.0 Å². The average Bonchev–Trinajstić information content (AvgIpc) is 3.65. The third-order valence-electron chi connectivity index (χ3n) is 7.34. The highest BCUT2D eigenvalue weighted by atomic mass is 19.4. The van der Waals surface area contributed by atoms with Gasteiger partial charge in [0.2, 0.25) is 11.6 Å². The van der Waals surface area contributed by atoms with Gasteiger partial charge in [0.25, 0.3) is 11.8 Å². The summed E-state index contributed by atoms with van der Waals surface area (Å²) in [5.74, 6) is -1.28. The Morgan fingerprint density at radius 1 is 1.07 bits per heavy atom. The average molecular weight is 603 g/mol. The number of aromatic nitrogens is 4. The molecule has 2 aliphatic rings. The van der Waals surface area contributed by atoms with Crippen LogP contribution in [0.3, 0.4) is 0 Å². The summed E-state index contributed by atoms with van der Waals surface area (Å²) in [6.07, 6.45) is -0.300. The summed E-state index contributed by atoms with van der Waals surface area (Å²) in [4.78, 5) is 37.4. The fraction of sp³-hybridized carbons (Fsp3) is 0.370. The number of fused-ring (bicyclic) bond motifs is 1. The molecule has 0 unspecified atom stereocenters. The van der Waals surface area contributed by atoms with Crippen LogP contribution in [0.1, 0.15) is 22.5 Å². The third kappa shape index (κ3) is 5.58. The largest absolute Gasteiger partial charge is 0.507 e. The molecule has 2 aliphatic heterocycles. The second kappa shape index (κ2) is 11.2. The van der Waals surface area contributed by atoms with Crippen molar-refractivity contribution in [3.8, 4) is 28.6 Å². The highest BCUT2D eigenvalue weighted by molar-refractivity contribution is 5.97. The lowest BCUT2D eigenvalue weighted by Gasteiger charge is -2.37. The van der Waals surface area contributed by atoms with E-state index >= 15 is 0 Å². The highest BCUT2D eigenvalue weighted by Gasteiger charge is 2.39. The molecule has 0 saturated carbocycles. The number of piperazine rings is 1. The molecule has 2 N–H and O–H groups in total. The Balaban J connectivity index is 1.13. The number of hydrogen-bond acceptors (Lipinski definition) is 10. The molecule has 2 saturated heterocycles. The minimum absolute atomic E-state index is 0.0253. The molecule has 1 aromatic carbocycles. The Bertz CT molecular complexity index is 1660. The molecule has 2 atom stereocenters.